The van der Waals surface area contributed by atoms with E-state index in [-0.39, 0.29) is 12.4 Å². The van der Waals surface area contributed by atoms with Gasteiger partial charge in [0.25, 0.3) is 0 Å². The highest BCUT2D eigenvalue weighted by Crippen LogP contribution is 2.09. The molecule has 92 valence electrons. The molecule has 0 amide bonds. The molecule has 1 N–H and O–H groups in total. The first kappa shape index (κ1) is 12.5. The van der Waals surface area contributed by atoms with Crippen molar-refractivity contribution in [3.05, 3.63) is 71.3 Å². The summed E-state index contributed by atoms with van der Waals surface area (Å²) in [4.78, 5) is 12.0. The third kappa shape index (κ3) is 3.28. The van der Waals surface area contributed by atoms with Gasteiger partial charge >= 0.3 is 0 Å². The highest BCUT2D eigenvalue weighted by molar-refractivity contribution is 5.97. The molecule has 0 saturated heterocycles. The van der Waals surface area contributed by atoms with Gasteiger partial charge in [-0.25, -0.2) is 0 Å². The van der Waals surface area contributed by atoms with E-state index in [0.29, 0.717) is 12.8 Å². The zero-order valence-electron chi connectivity index (χ0n) is 10.2. The largest absolute Gasteiger partial charge is 0.396 e. The standard InChI is InChI=1S/C16H16O2/c17-11-10-13-6-8-15(9-7-13)16(18)12-14-4-2-1-3-5-14/h1-9,17H,10-12H2. The molecule has 0 unspecified atom stereocenters. The summed E-state index contributed by atoms with van der Waals surface area (Å²) in [6.07, 6.45) is 1.06. The van der Waals surface area contributed by atoms with Gasteiger partial charge in [0.1, 0.15) is 0 Å². The quantitative estimate of drug-likeness (QED) is 0.816. The first-order chi connectivity index (χ1) is 8.79. The molecule has 2 nitrogen and oxygen atoms in total. The minimum atomic E-state index is 0.122. The van der Waals surface area contributed by atoms with Crippen molar-refractivity contribution in [3.63, 3.8) is 0 Å². The lowest BCUT2D eigenvalue weighted by molar-refractivity contribution is 0.0993. The molecule has 0 atom stereocenters. The molecule has 0 radical (unpaired) electrons. The van der Waals surface area contributed by atoms with Crippen LogP contribution < -0.4 is 0 Å². The van der Waals surface area contributed by atoms with Gasteiger partial charge in [0.15, 0.2) is 5.78 Å². The van der Waals surface area contributed by atoms with Gasteiger partial charge in [0, 0.05) is 18.6 Å². The first-order valence-corrected chi connectivity index (χ1v) is 6.06. The van der Waals surface area contributed by atoms with Crippen LogP contribution in [-0.4, -0.2) is 17.5 Å². The number of carbonyl (C=O) groups is 1. The summed E-state index contributed by atoms with van der Waals surface area (Å²) in [5.41, 5.74) is 2.80. The Hall–Kier alpha value is -1.93. The van der Waals surface area contributed by atoms with Gasteiger partial charge < -0.3 is 5.11 Å². The number of ketones is 1. The lowest BCUT2D eigenvalue weighted by Gasteiger charge is -2.03. The van der Waals surface area contributed by atoms with Crippen LogP contribution >= 0.6 is 0 Å². The van der Waals surface area contributed by atoms with Gasteiger partial charge in [-0.15, -0.1) is 0 Å². The molecule has 2 rings (SSSR count). The van der Waals surface area contributed by atoms with Crippen LogP contribution in [0.25, 0.3) is 0 Å². The topological polar surface area (TPSA) is 37.3 Å². The van der Waals surface area contributed by atoms with Crippen LogP contribution in [0, 0.1) is 0 Å². The third-order valence-corrected chi connectivity index (χ3v) is 2.88. The fraction of sp³-hybridized carbons (Fsp3) is 0.188. The molecular weight excluding hydrogens is 224 g/mol. The highest BCUT2D eigenvalue weighted by atomic mass is 16.2. The average Bonchev–Trinajstić information content (AvgIpc) is 2.41. The van der Waals surface area contributed by atoms with E-state index in [1.807, 2.05) is 54.6 Å². The molecule has 0 spiro atoms. The molecule has 0 fully saturated rings. The zero-order valence-corrected chi connectivity index (χ0v) is 10.2. The molecule has 0 aliphatic rings. The van der Waals surface area contributed by atoms with E-state index >= 15 is 0 Å². The fourth-order valence-electron chi connectivity index (χ4n) is 1.87. The maximum absolute atomic E-state index is 12.0. The van der Waals surface area contributed by atoms with E-state index in [2.05, 4.69) is 0 Å². The van der Waals surface area contributed by atoms with Crippen molar-refractivity contribution in [1.82, 2.24) is 0 Å². The Labute approximate surface area is 107 Å². The molecular formula is C16H16O2. The Balaban J connectivity index is 2.05. The predicted octanol–water partition coefficient (Wildman–Crippen LogP) is 2.65. The highest BCUT2D eigenvalue weighted by Gasteiger charge is 2.06. The molecule has 0 bridgehead atoms. The molecule has 2 aromatic rings. The number of hydrogen-bond acceptors (Lipinski definition) is 2. The van der Waals surface area contributed by atoms with E-state index in [0.717, 1.165) is 16.7 Å². The van der Waals surface area contributed by atoms with E-state index in [4.69, 9.17) is 5.11 Å². The Kier molecular flexibility index (Phi) is 4.26. The number of carbonyl (C=O) groups excluding carboxylic acids is 1. The number of aliphatic hydroxyl groups is 1. The van der Waals surface area contributed by atoms with Crippen LogP contribution in [0.4, 0.5) is 0 Å². The fourth-order valence-corrected chi connectivity index (χ4v) is 1.87. The van der Waals surface area contributed by atoms with Gasteiger partial charge in [0.2, 0.25) is 0 Å². The van der Waals surface area contributed by atoms with E-state index in [9.17, 15) is 4.79 Å². The molecule has 0 aliphatic carbocycles. The maximum Gasteiger partial charge on any atom is 0.167 e. The van der Waals surface area contributed by atoms with Crippen molar-refractivity contribution in [3.8, 4) is 0 Å². The second-order valence-electron chi connectivity index (χ2n) is 4.26. The number of Topliss-reactive ketones (excluding diaryl/α,β-unsaturated/α-hetero) is 1. The van der Waals surface area contributed by atoms with Crippen molar-refractivity contribution < 1.29 is 9.90 Å². The number of benzene rings is 2. The van der Waals surface area contributed by atoms with Crippen LogP contribution in [0.5, 0.6) is 0 Å². The van der Waals surface area contributed by atoms with Crippen LogP contribution in [0.2, 0.25) is 0 Å². The van der Waals surface area contributed by atoms with Crippen LogP contribution in [-0.2, 0) is 12.8 Å². The Morgan fingerprint density at radius 2 is 1.56 bits per heavy atom. The van der Waals surface area contributed by atoms with Crippen LogP contribution in [0.1, 0.15) is 21.5 Å². The molecule has 0 aliphatic heterocycles. The smallest absolute Gasteiger partial charge is 0.167 e. The van der Waals surface area contributed by atoms with Crippen LogP contribution in [0.3, 0.4) is 0 Å². The minimum Gasteiger partial charge on any atom is -0.396 e. The SMILES string of the molecule is O=C(Cc1ccccc1)c1ccc(CCO)cc1. The van der Waals surface area contributed by atoms with E-state index in [1.54, 1.807) is 0 Å². The first-order valence-electron chi connectivity index (χ1n) is 6.06. The summed E-state index contributed by atoms with van der Waals surface area (Å²) in [5, 5.41) is 8.83. The lowest BCUT2D eigenvalue weighted by atomic mass is 10.0. The number of rotatable bonds is 5. The zero-order chi connectivity index (χ0) is 12.8. The monoisotopic (exact) mass is 240 g/mol. The summed E-state index contributed by atoms with van der Waals surface area (Å²) in [7, 11) is 0. The second-order valence-corrected chi connectivity index (χ2v) is 4.26. The summed E-state index contributed by atoms with van der Waals surface area (Å²) in [5.74, 6) is 0.122. The van der Waals surface area contributed by atoms with Crippen molar-refractivity contribution in [2.75, 3.05) is 6.61 Å². The van der Waals surface area contributed by atoms with Gasteiger partial charge in [-0.2, -0.15) is 0 Å². The summed E-state index contributed by atoms with van der Waals surface area (Å²) < 4.78 is 0. The van der Waals surface area contributed by atoms with Crippen LogP contribution in [0.15, 0.2) is 54.6 Å². The van der Waals surface area contributed by atoms with Gasteiger partial charge in [0.05, 0.1) is 0 Å². The Bertz CT molecular complexity index is 500. The van der Waals surface area contributed by atoms with Crippen molar-refractivity contribution >= 4 is 5.78 Å². The number of aliphatic hydroxyl groups excluding tert-OH is 1. The van der Waals surface area contributed by atoms with E-state index < -0.39 is 0 Å². The number of hydrogen-bond donors (Lipinski definition) is 1. The lowest BCUT2D eigenvalue weighted by Crippen LogP contribution is -2.03. The molecule has 2 heteroatoms. The maximum atomic E-state index is 12.0. The second kappa shape index (κ2) is 6.12. The molecule has 18 heavy (non-hydrogen) atoms. The molecule has 0 saturated carbocycles. The summed E-state index contributed by atoms with van der Waals surface area (Å²) in [6, 6.07) is 17.2. The third-order valence-electron chi connectivity index (χ3n) is 2.88. The van der Waals surface area contributed by atoms with E-state index in [1.165, 1.54) is 0 Å². The molecule has 0 heterocycles. The van der Waals surface area contributed by atoms with Gasteiger partial charge in [-0.3, -0.25) is 4.79 Å². The minimum absolute atomic E-state index is 0.122. The average molecular weight is 240 g/mol. The summed E-state index contributed by atoms with van der Waals surface area (Å²) >= 11 is 0. The molecule has 2 aromatic carbocycles. The normalized spacial score (nSPS) is 10.3. The van der Waals surface area contributed by atoms with Crippen molar-refractivity contribution in [1.29, 1.82) is 0 Å². The molecule has 0 aromatic heterocycles. The Morgan fingerprint density at radius 1 is 0.889 bits per heavy atom. The van der Waals surface area contributed by atoms with Crippen molar-refractivity contribution in [2.24, 2.45) is 0 Å². The predicted molar refractivity (Wildman–Crippen MR) is 71.7 cm³/mol. The van der Waals surface area contributed by atoms with Gasteiger partial charge in [-0.05, 0) is 17.5 Å². The van der Waals surface area contributed by atoms with Gasteiger partial charge in [-0.1, -0.05) is 54.6 Å². The Morgan fingerprint density at radius 3 is 2.17 bits per heavy atom. The van der Waals surface area contributed by atoms with Crippen molar-refractivity contribution in [2.45, 2.75) is 12.8 Å². The summed E-state index contributed by atoms with van der Waals surface area (Å²) in [6.45, 7) is 0.136.